The van der Waals surface area contributed by atoms with Gasteiger partial charge in [0, 0.05) is 29.4 Å². The van der Waals surface area contributed by atoms with Crippen molar-refractivity contribution in [1.29, 1.82) is 0 Å². The molecule has 2 rings (SSSR count). The molecule has 3 N–H and O–H groups in total. The Bertz CT molecular complexity index is 440. The number of benzene rings is 1. The molecule has 0 aliphatic heterocycles. The Hall–Kier alpha value is -1.62. The molecule has 0 atom stereocenters. The lowest BCUT2D eigenvalue weighted by Gasteiger charge is -2.27. The predicted molar refractivity (Wildman–Crippen MR) is 71.7 cm³/mol. The molecule has 98 valence electrons. The van der Waals surface area contributed by atoms with Crippen LogP contribution in [0.25, 0.3) is 0 Å². The van der Waals surface area contributed by atoms with Gasteiger partial charge in [0.1, 0.15) is 0 Å². The maximum atomic E-state index is 10.7. The first kappa shape index (κ1) is 12.8. The largest absolute Gasteiger partial charge is 0.382 e. The van der Waals surface area contributed by atoms with E-state index in [1.54, 1.807) is 19.1 Å². The summed E-state index contributed by atoms with van der Waals surface area (Å²) in [5, 5.41) is 14.2. The molecular formula is C13H19N3O2. The van der Waals surface area contributed by atoms with Crippen molar-refractivity contribution in [3.63, 3.8) is 0 Å². The van der Waals surface area contributed by atoms with Crippen molar-refractivity contribution >= 4 is 11.4 Å². The fourth-order valence-corrected chi connectivity index (χ4v) is 2.45. The number of nitrogens with two attached hydrogens (primary N) is 1. The van der Waals surface area contributed by atoms with Crippen LogP contribution in [0.5, 0.6) is 0 Å². The quantitative estimate of drug-likeness (QED) is 0.637. The maximum absolute atomic E-state index is 10.7. The molecule has 1 fully saturated rings. The summed E-state index contributed by atoms with van der Waals surface area (Å²) in [6.07, 6.45) is 4.22. The van der Waals surface area contributed by atoms with E-state index < -0.39 is 0 Å². The third-order valence-corrected chi connectivity index (χ3v) is 3.54. The molecule has 0 radical (unpaired) electrons. The number of hydrogen-bond acceptors (Lipinski definition) is 4. The minimum atomic E-state index is -0.348. The lowest BCUT2D eigenvalue weighted by Crippen LogP contribution is -2.32. The lowest BCUT2D eigenvalue weighted by molar-refractivity contribution is -0.385. The molecule has 1 aliphatic carbocycles. The number of aryl methyl sites for hydroxylation is 1. The standard InChI is InChI=1S/C13H19N3O2/c1-9-8-12(6-7-13(9)16(17)18)15-11-4-2-10(14)3-5-11/h6-8,10-11,15H,2-5,14H2,1H3. The number of hydrogen-bond donors (Lipinski definition) is 2. The lowest BCUT2D eigenvalue weighted by atomic mass is 9.91. The summed E-state index contributed by atoms with van der Waals surface area (Å²) in [6.45, 7) is 1.76. The molecule has 18 heavy (non-hydrogen) atoms. The summed E-state index contributed by atoms with van der Waals surface area (Å²) in [4.78, 5) is 10.4. The van der Waals surface area contributed by atoms with E-state index in [1.807, 2.05) is 6.07 Å². The fourth-order valence-electron chi connectivity index (χ4n) is 2.45. The highest BCUT2D eigenvalue weighted by molar-refractivity contribution is 5.54. The molecule has 0 saturated heterocycles. The molecule has 0 unspecified atom stereocenters. The molecule has 0 amide bonds. The average molecular weight is 249 g/mol. The minimum absolute atomic E-state index is 0.172. The van der Waals surface area contributed by atoms with E-state index in [0.717, 1.165) is 31.4 Å². The summed E-state index contributed by atoms with van der Waals surface area (Å²) in [5.41, 5.74) is 7.69. The normalized spacial score (nSPS) is 23.7. The van der Waals surface area contributed by atoms with E-state index in [4.69, 9.17) is 5.73 Å². The summed E-state index contributed by atoms with van der Waals surface area (Å²) in [7, 11) is 0. The van der Waals surface area contributed by atoms with Crippen molar-refractivity contribution in [2.45, 2.75) is 44.7 Å². The molecule has 0 spiro atoms. The topological polar surface area (TPSA) is 81.2 Å². The number of nitrogens with one attached hydrogen (secondary N) is 1. The first-order valence-electron chi connectivity index (χ1n) is 6.33. The van der Waals surface area contributed by atoms with Gasteiger partial charge in [-0.15, -0.1) is 0 Å². The molecule has 5 nitrogen and oxygen atoms in total. The Morgan fingerprint density at radius 1 is 1.33 bits per heavy atom. The van der Waals surface area contributed by atoms with Crippen LogP contribution in [0.4, 0.5) is 11.4 Å². The van der Waals surface area contributed by atoms with Gasteiger partial charge >= 0.3 is 0 Å². The average Bonchev–Trinajstić information content (AvgIpc) is 2.32. The van der Waals surface area contributed by atoms with Crippen LogP contribution in [0.1, 0.15) is 31.2 Å². The molecule has 1 saturated carbocycles. The van der Waals surface area contributed by atoms with E-state index in [9.17, 15) is 10.1 Å². The van der Waals surface area contributed by atoms with Gasteiger partial charge in [-0.1, -0.05) is 0 Å². The van der Waals surface area contributed by atoms with E-state index in [0.29, 0.717) is 17.6 Å². The third-order valence-electron chi connectivity index (χ3n) is 3.54. The molecule has 1 aliphatic rings. The Kier molecular flexibility index (Phi) is 3.81. The van der Waals surface area contributed by atoms with Crippen LogP contribution >= 0.6 is 0 Å². The van der Waals surface area contributed by atoms with E-state index in [-0.39, 0.29) is 10.6 Å². The fraction of sp³-hybridized carbons (Fsp3) is 0.538. The van der Waals surface area contributed by atoms with Crippen LogP contribution in [-0.4, -0.2) is 17.0 Å². The summed E-state index contributed by atoms with van der Waals surface area (Å²) < 4.78 is 0. The Balaban J connectivity index is 2.02. The highest BCUT2D eigenvalue weighted by Gasteiger charge is 2.18. The predicted octanol–water partition coefficient (Wildman–Crippen LogP) is 2.59. The molecule has 5 heteroatoms. The van der Waals surface area contributed by atoms with Crippen LogP contribution in [0.15, 0.2) is 18.2 Å². The van der Waals surface area contributed by atoms with Gasteiger partial charge in [-0.3, -0.25) is 10.1 Å². The second-order valence-corrected chi connectivity index (χ2v) is 5.01. The third kappa shape index (κ3) is 2.98. The zero-order valence-corrected chi connectivity index (χ0v) is 10.6. The monoisotopic (exact) mass is 249 g/mol. The zero-order valence-electron chi connectivity index (χ0n) is 10.6. The SMILES string of the molecule is Cc1cc(NC2CCC(N)CC2)ccc1[N+](=O)[O-]. The maximum Gasteiger partial charge on any atom is 0.272 e. The van der Waals surface area contributed by atoms with Gasteiger partial charge in [-0.05, 0) is 44.7 Å². The number of nitro benzene ring substituents is 1. The highest BCUT2D eigenvalue weighted by atomic mass is 16.6. The van der Waals surface area contributed by atoms with Crippen molar-refractivity contribution < 1.29 is 4.92 Å². The number of nitro groups is 1. The molecule has 1 aromatic rings. The van der Waals surface area contributed by atoms with Crippen molar-refractivity contribution in [1.82, 2.24) is 0 Å². The van der Waals surface area contributed by atoms with Gasteiger partial charge in [-0.25, -0.2) is 0 Å². The van der Waals surface area contributed by atoms with Crippen LogP contribution in [0.2, 0.25) is 0 Å². The van der Waals surface area contributed by atoms with E-state index in [2.05, 4.69) is 5.32 Å². The molecule has 1 aromatic carbocycles. The van der Waals surface area contributed by atoms with Gasteiger partial charge in [0.25, 0.3) is 5.69 Å². The highest BCUT2D eigenvalue weighted by Crippen LogP contribution is 2.25. The van der Waals surface area contributed by atoms with Crippen molar-refractivity contribution in [3.8, 4) is 0 Å². The van der Waals surface area contributed by atoms with Gasteiger partial charge in [0.05, 0.1) is 4.92 Å². The number of anilines is 1. The summed E-state index contributed by atoms with van der Waals surface area (Å²) in [5.74, 6) is 0. The van der Waals surface area contributed by atoms with Crippen LogP contribution < -0.4 is 11.1 Å². The molecule has 0 aromatic heterocycles. The van der Waals surface area contributed by atoms with Gasteiger partial charge < -0.3 is 11.1 Å². The van der Waals surface area contributed by atoms with Gasteiger partial charge in [-0.2, -0.15) is 0 Å². The van der Waals surface area contributed by atoms with Crippen molar-refractivity contribution in [2.75, 3.05) is 5.32 Å². The Morgan fingerprint density at radius 2 is 2.00 bits per heavy atom. The first-order chi connectivity index (χ1) is 8.56. The van der Waals surface area contributed by atoms with E-state index >= 15 is 0 Å². The van der Waals surface area contributed by atoms with Crippen LogP contribution in [0, 0.1) is 17.0 Å². The minimum Gasteiger partial charge on any atom is -0.382 e. The zero-order chi connectivity index (χ0) is 13.1. The van der Waals surface area contributed by atoms with Gasteiger partial charge in [0.15, 0.2) is 0 Å². The molecular weight excluding hydrogens is 230 g/mol. The number of nitrogens with zero attached hydrogens (tertiary/aromatic N) is 1. The molecule has 0 bridgehead atoms. The van der Waals surface area contributed by atoms with Crippen molar-refractivity contribution in [2.24, 2.45) is 5.73 Å². The van der Waals surface area contributed by atoms with Gasteiger partial charge in [0.2, 0.25) is 0 Å². The Morgan fingerprint density at radius 3 is 2.56 bits per heavy atom. The van der Waals surface area contributed by atoms with E-state index in [1.165, 1.54) is 0 Å². The second kappa shape index (κ2) is 5.35. The summed E-state index contributed by atoms with van der Waals surface area (Å²) >= 11 is 0. The van der Waals surface area contributed by atoms with Crippen LogP contribution in [0.3, 0.4) is 0 Å². The Labute approximate surface area is 107 Å². The first-order valence-corrected chi connectivity index (χ1v) is 6.33. The van der Waals surface area contributed by atoms with Crippen molar-refractivity contribution in [3.05, 3.63) is 33.9 Å². The smallest absolute Gasteiger partial charge is 0.272 e. The number of rotatable bonds is 3. The molecule has 0 heterocycles. The second-order valence-electron chi connectivity index (χ2n) is 5.01. The summed E-state index contributed by atoms with van der Waals surface area (Å²) in [6, 6.07) is 5.95. The van der Waals surface area contributed by atoms with Crippen LogP contribution in [-0.2, 0) is 0 Å².